The number of hydrogen-bond acceptors (Lipinski definition) is 2. The van der Waals surface area contributed by atoms with Gasteiger partial charge in [0.05, 0.1) is 0 Å². The first-order valence-corrected chi connectivity index (χ1v) is 6.35. The van der Waals surface area contributed by atoms with Gasteiger partial charge in [-0.15, -0.1) is 0 Å². The molecule has 1 unspecified atom stereocenters. The zero-order valence-electron chi connectivity index (χ0n) is 8.05. The Morgan fingerprint density at radius 2 is 1.75 bits per heavy atom. The molecule has 1 atom stereocenters. The van der Waals surface area contributed by atoms with E-state index in [-0.39, 0.29) is 0 Å². The molecule has 0 aliphatic carbocycles. The molecule has 0 fully saturated rings. The van der Waals surface area contributed by atoms with Crippen LogP contribution >= 0.6 is 0 Å². The summed E-state index contributed by atoms with van der Waals surface area (Å²) in [5.41, 5.74) is 5.32. The van der Waals surface area contributed by atoms with Crippen molar-refractivity contribution in [1.82, 2.24) is 0 Å². The first-order valence-electron chi connectivity index (χ1n) is 4.86. The van der Waals surface area contributed by atoms with Crippen LogP contribution in [-0.4, -0.2) is 22.3 Å². The SMILES string of the molecule is CCCCCCS(=O)CCCN. The van der Waals surface area contributed by atoms with Crippen LogP contribution in [0.2, 0.25) is 0 Å². The van der Waals surface area contributed by atoms with Gasteiger partial charge in [0.15, 0.2) is 0 Å². The average molecular weight is 191 g/mol. The quantitative estimate of drug-likeness (QED) is 0.593. The molecule has 0 aromatic carbocycles. The van der Waals surface area contributed by atoms with E-state index in [0.717, 1.165) is 24.3 Å². The van der Waals surface area contributed by atoms with Crippen LogP contribution in [0, 0.1) is 0 Å². The van der Waals surface area contributed by atoms with E-state index in [4.69, 9.17) is 5.73 Å². The Bertz CT molecular complexity index is 117. The third kappa shape index (κ3) is 8.21. The summed E-state index contributed by atoms with van der Waals surface area (Å²) in [6, 6.07) is 0. The second kappa shape index (κ2) is 9.20. The van der Waals surface area contributed by atoms with Crippen molar-refractivity contribution in [2.24, 2.45) is 5.73 Å². The molecular weight excluding hydrogens is 170 g/mol. The van der Waals surface area contributed by atoms with Crippen LogP contribution in [0.1, 0.15) is 39.0 Å². The molecule has 0 radical (unpaired) electrons. The summed E-state index contributed by atoms with van der Waals surface area (Å²) in [4.78, 5) is 0. The molecule has 74 valence electrons. The van der Waals surface area contributed by atoms with Crippen molar-refractivity contribution in [2.75, 3.05) is 18.1 Å². The maximum atomic E-state index is 11.2. The Morgan fingerprint density at radius 3 is 2.33 bits per heavy atom. The van der Waals surface area contributed by atoms with Gasteiger partial charge in [-0.2, -0.15) is 0 Å². The summed E-state index contributed by atoms with van der Waals surface area (Å²) in [5.74, 6) is 1.67. The zero-order chi connectivity index (χ0) is 9.23. The van der Waals surface area contributed by atoms with E-state index in [9.17, 15) is 4.21 Å². The van der Waals surface area contributed by atoms with Crippen molar-refractivity contribution in [3.8, 4) is 0 Å². The zero-order valence-corrected chi connectivity index (χ0v) is 8.87. The van der Waals surface area contributed by atoms with Gasteiger partial charge in [-0.3, -0.25) is 4.21 Å². The van der Waals surface area contributed by atoms with E-state index < -0.39 is 10.8 Å². The predicted molar refractivity (Wildman–Crippen MR) is 55.7 cm³/mol. The van der Waals surface area contributed by atoms with Crippen molar-refractivity contribution in [3.63, 3.8) is 0 Å². The van der Waals surface area contributed by atoms with Crippen LogP contribution in [0.4, 0.5) is 0 Å². The maximum Gasteiger partial charge on any atom is 0.0246 e. The summed E-state index contributed by atoms with van der Waals surface area (Å²) in [7, 11) is -0.603. The fraction of sp³-hybridized carbons (Fsp3) is 1.00. The highest BCUT2D eigenvalue weighted by Crippen LogP contribution is 2.00. The van der Waals surface area contributed by atoms with Crippen molar-refractivity contribution in [3.05, 3.63) is 0 Å². The summed E-state index contributed by atoms with van der Waals surface area (Å²) in [6.45, 7) is 2.85. The van der Waals surface area contributed by atoms with Crippen LogP contribution in [0.25, 0.3) is 0 Å². The second-order valence-electron chi connectivity index (χ2n) is 3.05. The largest absolute Gasteiger partial charge is 0.330 e. The Hall–Kier alpha value is 0.110. The van der Waals surface area contributed by atoms with Gasteiger partial charge in [-0.25, -0.2) is 0 Å². The minimum absolute atomic E-state index is 0.603. The molecule has 2 N–H and O–H groups in total. The van der Waals surface area contributed by atoms with E-state index in [0.29, 0.717) is 6.54 Å². The molecule has 0 aliphatic heterocycles. The Kier molecular flexibility index (Phi) is 9.28. The number of nitrogens with two attached hydrogens (primary N) is 1. The van der Waals surface area contributed by atoms with Crippen LogP contribution in [0.5, 0.6) is 0 Å². The second-order valence-corrected chi connectivity index (χ2v) is 4.75. The first-order chi connectivity index (χ1) is 5.81. The lowest BCUT2D eigenvalue weighted by Crippen LogP contribution is -2.08. The normalized spacial score (nSPS) is 13.2. The fourth-order valence-corrected chi connectivity index (χ4v) is 2.26. The highest BCUT2D eigenvalue weighted by molar-refractivity contribution is 7.84. The number of rotatable bonds is 8. The smallest absolute Gasteiger partial charge is 0.0246 e. The highest BCUT2D eigenvalue weighted by atomic mass is 32.2. The van der Waals surface area contributed by atoms with Crippen LogP contribution in [-0.2, 0) is 10.8 Å². The molecule has 12 heavy (non-hydrogen) atoms. The van der Waals surface area contributed by atoms with Gasteiger partial charge < -0.3 is 5.73 Å². The molecule has 3 heteroatoms. The molecule has 0 aromatic rings. The van der Waals surface area contributed by atoms with Gasteiger partial charge in [0, 0.05) is 22.3 Å². The number of unbranched alkanes of at least 4 members (excludes halogenated alkanes) is 3. The molecule has 0 saturated heterocycles. The molecule has 0 bridgehead atoms. The average Bonchev–Trinajstić information content (AvgIpc) is 2.09. The van der Waals surface area contributed by atoms with Crippen molar-refractivity contribution in [1.29, 1.82) is 0 Å². The molecule has 0 saturated carbocycles. The van der Waals surface area contributed by atoms with Crippen LogP contribution in [0.15, 0.2) is 0 Å². The van der Waals surface area contributed by atoms with Gasteiger partial charge in [-0.05, 0) is 19.4 Å². The van der Waals surface area contributed by atoms with Crippen molar-refractivity contribution < 1.29 is 4.21 Å². The molecule has 0 rings (SSSR count). The van der Waals surface area contributed by atoms with E-state index >= 15 is 0 Å². The Labute approximate surface area is 78.4 Å². The number of hydrogen-bond donors (Lipinski definition) is 1. The lowest BCUT2D eigenvalue weighted by molar-refractivity contribution is 0.666. The highest BCUT2D eigenvalue weighted by Gasteiger charge is 1.97. The lowest BCUT2D eigenvalue weighted by Gasteiger charge is -2.00. The van der Waals surface area contributed by atoms with Crippen LogP contribution in [0.3, 0.4) is 0 Å². The van der Waals surface area contributed by atoms with Crippen molar-refractivity contribution >= 4 is 10.8 Å². The van der Waals surface area contributed by atoms with Gasteiger partial charge in [0.2, 0.25) is 0 Å². The topological polar surface area (TPSA) is 43.1 Å². The molecule has 0 aromatic heterocycles. The molecule has 0 amide bonds. The fourth-order valence-electron chi connectivity index (χ4n) is 1.04. The lowest BCUT2D eigenvalue weighted by atomic mass is 10.2. The third-order valence-corrected chi connectivity index (χ3v) is 3.29. The van der Waals surface area contributed by atoms with Crippen LogP contribution < -0.4 is 5.73 Å². The minimum Gasteiger partial charge on any atom is -0.330 e. The monoisotopic (exact) mass is 191 g/mol. The molecule has 0 spiro atoms. The molecule has 0 heterocycles. The molecule has 2 nitrogen and oxygen atoms in total. The molecular formula is C9H21NOS. The Balaban J connectivity index is 3.08. The van der Waals surface area contributed by atoms with Gasteiger partial charge >= 0.3 is 0 Å². The standard InChI is InChI=1S/C9H21NOS/c1-2-3-4-5-8-12(11)9-6-7-10/h2-10H2,1H3. The van der Waals surface area contributed by atoms with Gasteiger partial charge in [0.1, 0.15) is 0 Å². The van der Waals surface area contributed by atoms with E-state index in [1.807, 2.05) is 0 Å². The predicted octanol–water partition coefficient (Wildman–Crippen LogP) is 1.66. The summed E-state index contributed by atoms with van der Waals surface area (Å²) in [6.07, 6.45) is 5.76. The summed E-state index contributed by atoms with van der Waals surface area (Å²) in [5, 5.41) is 0. The van der Waals surface area contributed by atoms with Gasteiger partial charge in [0.25, 0.3) is 0 Å². The van der Waals surface area contributed by atoms with Gasteiger partial charge in [-0.1, -0.05) is 26.2 Å². The Morgan fingerprint density at radius 1 is 1.08 bits per heavy atom. The van der Waals surface area contributed by atoms with E-state index in [1.165, 1.54) is 19.3 Å². The first kappa shape index (κ1) is 12.1. The van der Waals surface area contributed by atoms with E-state index in [2.05, 4.69) is 6.92 Å². The molecule has 0 aliphatic rings. The van der Waals surface area contributed by atoms with Crippen molar-refractivity contribution in [2.45, 2.75) is 39.0 Å². The third-order valence-electron chi connectivity index (χ3n) is 1.80. The summed E-state index contributed by atoms with van der Waals surface area (Å²) < 4.78 is 11.2. The summed E-state index contributed by atoms with van der Waals surface area (Å²) >= 11 is 0. The van der Waals surface area contributed by atoms with E-state index in [1.54, 1.807) is 0 Å². The maximum absolute atomic E-state index is 11.2. The minimum atomic E-state index is -0.603.